The average Bonchev–Trinajstić information content (AvgIpc) is 3.08. The van der Waals surface area contributed by atoms with E-state index in [4.69, 9.17) is 14.2 Å². The predicted molar refractivity (Wildman–Crippen MR) is 122 cm³/mol. The Balaban J connectivity index is 2.12. The second-order valence-corrected chi connectivity index (χ2v) is 7.65. The summed E-state index contributed by atoms with van der Waals surface area (Å²) in [5.41, 5.74) is 0.869. The van der Waals surface area contributed by atoms with Crippen LogP contribution in [0.4, 0.5) is 0 Å². The smallest absolute Gasteiger partial charge is 0.295 e. The van der Waals surface area contributed by atoms with Gasteiger partial charge in [-0.05, 0) is 42.7 Å². The molecule has 1 atom stereocenters. The predicted octanol–water partition coefficient (Wildman–Crippen LogP) is 3.65. The van der Waals surface area contributed by atoms with Crippen LogP contribution < -0.4 is 9.47 Å². The van der Waals surface area contributed by atoms with Gasteiger partial charge in [-0.25, -0.2) is 0 Å². The maximum absolute atomic E-state index is 13.1. The maximum atomic E-state index is 13.1. The molecule has 0 saturated carbocycles. The zero-order valence-electron chi connectivity index (χ0n) is 19.0. The summed E-state index contributed by atoms with van der Waals surface area (Å²) in [6, 6.07) is 10.5. The van der Waals surface area contributed by atoms with Crippen LogP contribution in [-0.2, 0) is 14.3 Å². The zero-order valence-corrected chi connectivity index (χ0v) is 19.0. The van der Waals surface area contributed by atoms with Gasteiger partial charge in [0.1, 0.15) is 11.5 Å². The van der Waals surface area contributed by atoms with Crippen molar-refractivity contribution in [3.63, 3.8) is 0 Å². The molecule has 1 amide bonds. The number of aliphatic hydroxyl groups is 1. The summed E-state index contributed by atoms with van der Waals surface area (Å²) >= 11 is 0. The van der Waals surface area contributed by atoms with E-state index in [1.807, 2.05) is 6.92 Å². The van der Waals surface area contributed by atoms with Gasteiger partial charge in [-0.2, -0.15) is 0 Å². The van der Waals surface area contributed by atoms with Crippen LogP contribution >= 0.6 is 0 Å². The Kier molecular flexibility index (Phi) is 7.95. The highest BCUT2D eigenvalue weighted by Gasteiger charge is 2.46. The lowest BCUT2D eigenvalue weighted by molar-refractivity contribution is -0.140. The van der Waals surface area contributed by atoms with Crippen LogP contribution in [0.3, 0.4) is 0 Å². The van der Waals surface area contributed by atoms with E-state index in [9.17, 15) is 19.8 Å². The van der Waals surface area contributed by atoms with Gasteiger partial charge in [0.25, 0.3) is 11.7 Å². The van der Waals surface area contributed by atoms with Crippen LogP contribution in [0, 0.1) is 0 Å². The van der Waals surface area contributed by atoms with Crippen LogP contribution in [0.15, 0.2) is 48.0 Å². The number of phenolic OH excluding ortho intramolecular Hbond substituents is 1. The van der Waals surface area contributed by atoms with Crippen LogP contribution in [0.2, 0.25) is 0 Å². The molecule has 0 aromatic heterocycles. The summed E-state index contributed by atoms with van der Waals surface area (Å²) in [6.07, 6.45) is 1.33. The van der Waals surface area contributed by atoms with Crippen molar-refractivity contribution in [1.82, 2.24) is 4.90 Å². The third-order valence-corrected chi connectivity index (χ3v) is 5.39. The highest BCUT2D eigenvalue weighted by atomic mass is 16.5. The Morgan fingerprint density at radius 2 is 1.88 bits per heavy atom. The fourth-order valence-corrected chi connectivity index (χ4v) is 3.81. The van der Waals surface area contributed by atoms with E-state index in [1.54, 1.807) is 43.5 Å². The van der Waals surface area contributed by atoms with Crippen molar-refractivity contribution < 1.29 is 34.0 Å². The van der Waals surface area contributed by atoms with E-state index >= 15 is 0 Å². The third-order valence-electron chi connectivity index (χ3n) is 5.39. The number of aliphatic hydroxyl groups excluding tert-OH is 1. The first kappa shape index (κ1) is 24.1. The molecule has 0 aliphatic carbocycles. The van der Waals surface area contributed by atoms with Gasteiger partial charge in [0.2, 0.25) is 0 Å². The minimum Gasteiger partial charge on any atom is -0.507 e. The third kappa shape index (κ3) is 5.12. The number of methoxy groups -OCH3 is 2. The molecule has 0 radical (unpaired) electrons. The van der Waals surface area contributed by atoms with Gasteiger partial charge in [-0.3, -0.25) is 9.59 Å². The normalized spacial score (nSPS) is 17.4. The largest absolute Gasteiger partial charge is 0.507 e. The molecule has 1 aliphatic rings. The second-order valence-electron chi connectivity index (χ2n) is 7.65. The standard InChI is InChI=1S/C25H29NO7/c1-4-12-33-18-8-5-7-17(14-18)23(28)21-22(16-9-10-19(27)20(15-16)32-3)26(11-6-13-31-2)25(30)24(21)29/h5,7-10,14-15,22,27-28H,4,6,11-13H2,1-3H3. The first-order valence-corrected chi connectivity index (χ1v) is 10.8. The van der Waals surface area contributed by atoms with E-state index < -0.39 is 17.7 Å². The molecule has 0 spiro atoms. The average molecular weight is 456 g/mol. The molecule has 2 aromatic carbocycles. The zero-order chi connectivity index (χ0) is 24.0. The lowest BCUT2D eigenvalue weighted by Crippen LogP contribution is -2.31. The first-order valence-electron chi connectivity index (χ1n) is 10.8. The van der Waals surface area contributed by atoms with Crippen LogP contribution in [0.25, 0.3) is 5.76 Å². The Hall–Kier alpha value is -3.52. The van der Waals surface area contributed by atoms with Crippen molar-refractivity contribution in [2.45, 2.75) is 25.8 Å². The van der Waals surface area contributed by atoms with E-state index in [0.717, 1.165) is 6.42 Å². The lowest BCUT2D eigenvalue weighted by Gasteiger charge is -2.25. The number of hydrogen-bond donors (Lipinski definition) is 2. The number of amides is 1. The van der Waals surface area contributed by atoms with Crippen molar-refractivity contribution in [3.05, 3.63) is 59.2 Å². The van der Waals surface area contributed by atoms with E-state index in [2.05, 4.69) is 0 Å². The quantitative estimate of drug-likeness (QED) is 0.244. The molecule has 2 N–H and O–H groups in total. The molecule has 8 heteroatoms. The molecule has 0 bridgehead atoms. The highest BCUT2D eigenvalue weighted by Crippen LogP contribution is 2.42. The van der Waals surface area contributed by atoms with Crippen molar-refractivity contribution in [1.29, 1.82) is 0 Å². The van der Waals surface area contributed by atoms with Gasteiger partial charge in [-0.1, -0.05) is 25.1 Å². The molecule has 1 fully saturated rings. The Morgan fingerprint density at radius 3 is 2.58 bits per heavy atom. The Bertz CT molecular complexity index is 1050. The molecule has 2 aromatic rings. The molecule has 8 nitrogen and oxygen atoms in total. The number of ketones is 1. The fourth-order valence-electron chi connectivity index (χ4n) is 3.81. The summed E-state index contributed by atoms with van der Waals surface area (Å²) in [5.74, 6) is -1.09. The summed E-state index contributed by atoms with van der Waals surface area (Å²) in [7, 11) is 2.97. The summed E-state index contributed by atoms with van der Waals surface area (Å²) < 4.78 is 16.0. The van der Waals surface area contributed by atoms with Gasteiger partial charge in [0.15, 0.2) is 11.5 Å². The van der Waals surface area contributed by atoms with Crippen molar-refractivity contribution in [2.75, 3.05) is 34.0 Å². The topological polar surface area (TPSA) is 106 Å². The molecule has 1 unspecified atom stereocenters. The molecular weight excluding hydrogens is 426 g/mol. The lowest BCUT2D eigenvalue weighted by atomic mass is 9.95. The Morgan fingerprint density at radius 1 is 1.09 bits per heavy atom. The van der Waals surface area contributed by atoms with Gasteiger partial charge in [0.05, 0.1) is 25.3 Å². The number of nitrogens with zero attached hydrogens (tertiary/aromatic N) is 1. The fraction of sp³-hybridized carbons (Fsp3) is 0.360. The number of ether oxygens (including phenoxy) is 3. The van der Waals surface area contributed by atoms with Gasteiger partial charge >= 0.3 is 0 Å². The van der Waals surface area contributed by atoms with Gasteiger partial charge < -0.3 is 29.3 Å². The van der Waals surface area contributed by atoms with Crippen molar-refractivity contribution >= 4 is 17.4 Å². The van der Waals surface area contributed by atoms with Crippen LogP contribution in [0.1, 0.15) is 36.9 Å². The molecule has 1 saturated heterocycles. The van der Waals surface area contributed by atoms with Crippen LogP contribution in [0.5, 0.6) is 17.2 Å². The number of likely N-dealkylation sites (tertiary alicyclic amines) is 1. The number of rotatable bonds is 10. The number of phenols is 1. The minimum absolute atomic E-state index is 0.0298. The number of aromatic hydroxyl groups is 1. The molecule has 33 heavy (non-hydrogen) atoms. The van der Waals surface area contributed by atoms with Gasteiger partial charge in [-0.15, -0.1) is 0 Å². The minimum atomic E-state index is -0.850. The van der Waals surface area contributed by atoms with Crippen molar-refractivity contribution in [2.24, 2.45) is 0 Å². The number of hydrogen-bond acceptors (Lipinski definition) is 7. The molecule has 1 heterocycles. The number of carbonyl (C=O) groups excluding carboxylic acids is 2. The molecular formula is C25H29NO7. The summed E-state index contributed by atoms with van der Waals surface area (Å²) in [6.45, 7) is 3.16. The van der Waals surface area contributed by atoms with Crippen molar-refractivity contribution in [3.8, 4) is 17.2 Å². The van der Waals surface area contributed by atoms with E-state index in [0.29, 0.717) is 36.5 Å². The number of Topliss-reactive ketones (excluding diaryl/α,β-unsaturated/α-hetero) is 1. The van der Waals surface area contributed by atoms with E-state index in [1.165, 1.54) is 18.1 Å². The van der Waals surface area contributed by atoms with E-state index in [-0.39, 0.29) is 29.4 Å². The second kappa shape index (κ2) is 10.9. The number of benzene rings is 2. The molecule has 3 rings (SSSR count). The maximum Gasteiger partial charge on any atom is 0.295 e. The van der Waals surface area contributed by atoms with Gasteiger partial charge in [0, 0.05) is 25.8 Å². The molecule has 1 aliphatic heterocycles. The number of carbonyl (C=O) groups is 2. The monoisotopic (exact) mass is 455 g/mol. The SMILES string of the molecule is CCCOc1cccc(C(O)=C2C(=O)C(=O)N(CCCOC)C2c2ccc(O)c(OC)c2)c1. The highest BCUT2D eigenvalue weighted by molar-refractivity contribution is 6.46. The van der Waals surface area contributed by atoms with Crippen LogP contribution in [-0.4, -0.2) is 60.8 Å². The summed E-state index contributed by atoms with van der Waals surface area (Å²) in [5, 5.41) is 21.2. The Labute approximate surface area is 193 Å². The molecule has 176 valence electrons. The first-order chi connectivity index (χ1) is 15.9. The summed E-state index contributed by atoms with van der Waals surface area (Å²) in [4.78, 5) is 27.4.